The zero-order chi connectivity index (χ0) is 18.7. The Bertz CT molecular complexity index is 811. The molecule has 0 unspecified atom stereocenters. The number of benzene rings is 2. The van der Waals surface area contributed by atoms with E-state index in [0.29, 0.717) is 19.5 Å². The number of nitrogens with one attached hydrogen (secondary N) is 1. The van der Waals surface area contributed by atoms with Gasteiger partial charge in [-0.3, -0.25) is 9.59 Å². The summed E-state index contributed by atoms with van der Waals surface area (Å²) in [5, 5.41) is 2.94. The second kappa shape index (κ2) is 7.73. The molecule has 1 N–H and O–H groups in total. The van der Waals surface area contributed by atoms with Crippen LogP contribution in [0.25, 0.3) is 0 Å². The van der Waals surface area contributed by atoms with Crippen molar-refractivity contribution in [3.8, 4) is 0 Å². The van der Waals surface area contributed by atoms with Gasteiger partial charge in [0, 0.05) is 18.8 Å². The van der Waals surface area contributed by atoms with Gasteiger partial charge in [-0.1, -0.05) is 42.8 Å². The van der Waals surface area contributed by atoms with Gasteiger partial charge in [0.05, 0.1) is 0 Å². The van der Waals surface area contributed by atoms with Crippen molar-refractivity contribution in [2.45, 2.75) is 40.2 Å². The number of nitrogens with zero attached hydrogens (tertiary/aromatic N) is 1. The van der Waals surface area contributed by atoms with E-state index in [1.807, 2.05) is 38.1 Å². The van der Waals surface area contributed by atoms with E-state index in [1.165, 1.54) is 11.1 Å². The maximum atomic E-state index is 12.7. The van der Waals surface area contributed by atoms with Crippen molar-refractivity contribution < 1.29 is 9.59 Å². The van der Waals surface area contributed by atoms with Crippen LogP contribution in [0.5, 0.6) is 0 Å². The Morgan fingerprint density at radius 2 is 1.88 bits per heavy atom. The van der Waals surface area contributed by atoms with Crippen molar-refractivity contribution in [3.63, 3.8) is 0 Å². The molecule has 1 aliphatic heterocycles. The van der Waals surface area contributed by atoms with Crippen molar-refractivity contribution in [1.29, 1.82) is 0 Å². The number of rotatable bonds is 5. The van der Waals surface area contributed by atoms with Crippen LogP contribution in [0, 0.1) is 19.8 Å². The molecule has 0 spiro atoms. The Morgan fingerprint density at radius 1 is 1.15 bits per heavy atom. The van der Waals surface area contributed by atoms with Gasteiger partial charge < -0.3 is 10.2 Å². The molecule has 136 valence electrons. The van der Waals surface area contributed by atoms with Gasteiger partial charge in [-0.2, -0.15) is 0 Å². The molecule has 0 radical (unpaired) electrons. The molecule has 0 bridgehead atoms. The van der Waals surface area contributed by atoms with Gasteiger partial charge in [0.1, 0.15) is 5.92 Å². The Morgan fingerprint density at radius 3 is 2.58 bits per heavy atom. The zero-order valence-electron chi connectivity index (χ0n) is 15.7. The Kier molecular flexibility index (Phi) is 5.40. The molecule has 4 heteroatoms. The largest absolute Gasteiger partial charge is 0.351 e. The lowest BCUT2D eigenvalue weighted by molar-refractivity contribution is -0.132. The number of carbonyl (C=O) groups is 2. The molecule has 0 aromatic heterocycles. The highest BCUT2D eigenvalue weighted by molar-refractivity contribution is 6.09. The Balaban J connectivity index is 1.63. The average molecular weight is 350 g/mol. The van der Waals surface area contributed by atoms with Crippen LogP contribution in [-0.4, -0.2) is 18.4 Å². The summed E-state index contributed by atoms with van der Waals surface area (Å²) in [6.07, 6.45) is 1.53. The lowest BCUT2D eigenvalue weighted by Gasteiger charge is -2.17. The third-order valence-electron chi connectivity index (χ3n) is 5.14. The SMILES string of the molecule is CCc1ccc(N2CC[C@H](C(=O)NCc3cc(C)ccc3C)C2=O)cc1. The van der Waals surface area contributed by atoms with E-state index in [-0.39, 0.29) is 11.8 Å². The van der Waals surface area contributed by atoms with Crippen LogP contribution >= 0.6 is 0 Å². The van der Waals surface area contributed by atoms with Gasteiger partial charge in [0.15, 0.2) is 0 Å². The van der Waals surface area contributed by atoms with E-state index in [4.69, 9.17) is 0 Å². The quantitative estimate of drug-likeness (QED) is 0.839. The molecule has 2 aromatic carbocycles. The smallest absolute Gasteiger partial charge is 0.239 e. The molecule has 1 aliphatic rings. The predicted octanol–water partition coefficient (Wildman–Crippen LogP) is 3.54. The Hall–Kier alpha value is -2.62. The summed E-state index contributed by atoms with van der Waals surface area (Å²) < 4.78 is 0. The van der Waals surface area contributed by atoms with Crippen molar-refractivity contribution in [3.05, 3.63) is 64.7 Å². The molecule has 1 heterocycles. The summed E-state index contributed by atoms with van der Waals surface area (Å²) in [7, 11) is 0. The van der Waals surface area contributed by atoms with E-state index in [2.05, 4.69) is 30.4 Å². The van der Waals surface area contributed by atoms with Gasteiger partial charge in [0.25, 0.3) is 0 Å². The molecule has 3 rings (SSSR count). The maximum Gasteiger partial charge on any atom is 0.239 e. The first-order valence-corrected chi connectivity index (χ1v) is 9.23. The topological polar surface area (TPSA) is 49.4 Å². The molecule has 2 amide bonds. The number of carbonyl (C=O) groups excluding carboxylic acids is 2. The summed E-state index contributed by atoms with van der Waals surface area (Å²) in [6.45, 7) is 7.22. The minimum atomic E-state index is -0.592. The monoisotopic (exact) mass is 350 g/mol. The van der Waals surface area contributed by atoms with Crippen molar-refractivity contribution >= 4 is 17.5 Å². The highest BCUT2D eigenvalue weighted by Gasteiger charge is 2.37. The standard InChI is InChI=1S/C22H26N2O2/c1-4-17-7-9-19(10-8-17)24-12-11-20(22(24)26)21(25)23-14-18-13-15(2)5-6-16(18)3/h5-10,13,20H,4,11-12,14H2,1-3H3,(H,23,25)/t20-/m1/s1. The van der Waals surface area contributed by atoms with Gasteiger partial charge >= 0.3 is 0 Å². The number of hydrogen-bond acceptors (Lipinski definition) is 2. The van der Waals surface area contributed by atoms with Crippen LogP contribution < -0.4 is 10.2 Å². The summed E-state index contributed by atoms with van der Waals surface area (Å²) in [5.41, 5.74) is 5.51. The molecule has 1 atom stereocenters. The van der Waals surface area contributed by atoms with Gasteiger partial charge in [-0.15, -0.1) is 0 Å². The number of amides is 2. The van der Waals surface area contributed by atoms with E-state index in [1.54, 1.807) is 4.90 Å². The fourth-order valence-corrected chi connectivity index (χ4v) is 3.39. The van der Waals surface area contributed by atoms with Crippen LogP contribution in [-0.2, 0) is 22.6 Å². The second-order valence-corrected chi connectivity index (χ2v) is 7.00. The van der Waals surface area contributed by atoms with Crippen LogP contribution in [0.1, 0.15) is 35.6 Å². The van der Waals surface area contributed by atoms with Crippen molar-refractivity contribution in [2.24, 2.45) is 5.92 Å². The molecule has 26 heavy (non-hydrogen) atoms. The van der Waals surface area contributed by atoms with E-state index in [0.717, 1.165) is 23.2 Å². The third kappa shape index (κ3) is 3.79. The summed E-state index contributed by atoms with van der Waals surface area (Å²) >= 11 is 0. The van der Waals surface area contributed by atoms with Crippen molar-refractivity contribution in [1.82, 2.24) is 5.32 Å². The predicted molar refractivity (Wildman–Crippen MR) is 104 cm³/mol. The minimum absolute atomic E-state index is 0.104. The third-order valence-corrected chi connectivity index (χ3v) is 5.14. The van der Waals surface area contributed by atoms with E-state index >= 15 is 0 Å². The van der Waals surface area contributed by atoms with Gasteiger partial charge in [-0.25, -0.2) is 0 Å². The molecule has 0 saturated carbocycles. The first kappa shape index (κ1) is 18.2. The first-order valence-electron chi connectivity index (χ1n) is 9.23. The molecule has 2 aromatic rings. The molecule has 1 fully saturated rings. The molecular weight excluding hydrogens is 324 g/mol. The lowest BCUT2D eigenvalue weighted by Crippen LogP contribution is -2.36. The summed E-state index contributed by atoms with van der Waals surface area (Å²) in [6, 6.07) is 14.2. The second-order valence-electron chi connectivity index (χ2n) is 7.00. The molecule has 1 saturated heterocycles. The van der Waals surface area contributed by atoms with E-state index < -0.39 is 5.92 Å². The fourth-order valence-electron chi connectivity index (χ4n) is 3.39. The molecular formula is C22H26N2O2. The van der Waals surface area contributed by atoms with Crippen molar-refractivity contribution in [2.75, 3.05) is 11.4 Å². The number of aryl methyl sites for hydroxylation is 3. The van der Waals surface area contributed by atoms with Crippen LogP contribution in [0.2, 0.25) is 0 Å². The summed E-state index contributed by atoms with van der Waals surface area (Å²) in [5.74, 6) is -0.873. The van der Waals surface area contributed by atoms with E-state index in [9.17, 15) is 9.59 Å². The Labute approximate surface area is 155 Å². The highest BCUT2D eigenvalue weighted by atomic mass is 16.2. The van der Waals surface area contributed by atoms with Crippen LogP contribution in [0.4, 0.5) is 5.69 Å². The minimum Gasteiger partial charge on any atom is -0.351 e. The lowest BCUT2D eigenvalue weighted by atomic mass is 10.0. The fraction of sp³-hybridized carbons (Fsp3) is 0.364. The molecule has 4 nitrogen and oxygen atoms in total. The number of hydrogen-bond donors (Lipinski definition) is 1. The number of anilines is 1. The van der Waals surface area contributed by atoms with Gasteiger partial charge in [0.2, 0.25) is 11.8 Å². The zero-order valence-corrected chi connectivity index (χ0v) is 15.7. The highest BCUT2D eigenvalue weighted by Crippen LogP contribution is 2.26. The summed E-state index contributed by atoms with van der Waals surface area (Å²) in [4.78, 5) is 27.0. The maximum absolute atomic E-state index is 12.7. The normalized spacial score (nSPS) is 16.8. The van der Waals surface area contributed by atoms with Gasteiger partial charge in [-0.05, 0) is 55.5 Å². The molecule has 0 aliphatic carbocycles. The van der Waals surface area contributed by atoms with Crippen LogP contribution in [0.15, 0.2) is 42.5 Å². The van der Waals surface area contributed by atoms with Crippen LogP contribution in [0.3, 0.4) is 0 Å². The first-order chi connectivity index (χ1) is 12.5. The average Bonchev–Trinajstić information content (AvgIpc) is 3.04.